The van der Waals surface area contributed by atoms with Crippen LogP contribution in [0.3, 0.4) is 0 Å². The van der Waals surface area contributed by atoms with Crippen molar-refractivity contribution in [3.05, 3.63) is 107 Å². The van der Waals surface area contributed by atoms with Crippen LogP contribution in [0, 0.1) is 0 Å². The average molecular weight is 457 g/mol. The predicted octanol–water partition coefficient (Wildman–Crippen LogP) is 1.50. The third-order valence-corrected chi connectivity index (χ3v) is 4.87. The summed E-state index contributed by atoms with van der Waals surface area (Å²) in [5.41, 5.74) is 3.41. The maximum absolute atomic E-state index is 12.6. The van der Waals surface area contributed by atoms with Gasteiger partial charge in [-0.05, 0) is 53.8 Å². The van der Waals surface area contributed by atoms with E-state index in [1.165, 1.54) is 0 Å². The van der Waals surface area contributed by atoms with Crippen molar-refractivity contribution in [2.24, 2.45) is 0 Å². The van der Waals surface area contributed by atoms with Gasteiger partial charge in [0.05, 0.1) is 6.04 Å². The number of carboxylic acid groups (broad SMARTS) is 1. The van der Waals surface area contributed by atoms with Gasteiger partial charge in [-0.25, -0.2) is 4.79 Å². The number of nitrogens with one attached hydrogen (secondary N) is 2. The van der Waals surface area contributed by atoms with E-state index in [0.29, 0.717) is 10.7 Å². The molecule has 0 aliphatic carbocycles. The Morgan fingerprint density at radius 3 is 1.91 bits per heavy atom. The smallest absolute Gasteiger partial charge is 0.550 e. The first-order valence-electron chi connectivity index (χ1n) is 9.87. The van der Waals surface area contributed by atoms with Gasteiger partial charge in [0.15, 0.2) is 0 Å². The normalized spacial score (nSPS) is 10.9. The van der Waals surface area contributed by atoms with E-state index in [0.717, 1.165) is 16.7 Å². The van der Waals surface area contributed by atoms with Crippen LogP contribution in [0.4, 0.5) is 10.5 Å². The molecule has 0 bridgehead atoms. The topological polar surface area (TPSA) is 81.3 Å². The van der Waals surface area contributed by atoms with E-state index < -0.39 is 18.0 Å². The minimum atomic E-state index is -1.17. The molecular formula is C25H22ClN2NaO3. The van der Waals surface area contributed by atoms with Crippen LogP contribution in [-0.2, 0) is 4.79 Å². The second-order valence-corrected chi connectivity index (χ2v) is 7.37. The van der Waals surface area contributed by atoms with E-state index in [4.69, 9.17) is 11.6 Å². The van der Waals surface area contributed by atoms with Crippen LogP contribution in [0.2, 0.25) is 5.02 Å². The van der Waals surface area contributed by atoms with Gasteiger partial charge in [-0.3, -0.25) is 0 Å². The first-order chi connectivity index (χ1) is 15.0. The van der Waals surface area contributed by atoms with Gasteiger partial charge < -0.3 is 20.5 Å². The minimum absolute atomic E-state index is 0. The second kappa shape index (κ2) is 13.1. The fraction of sp³-hybridized carbons (Fsp3) is 0.120. The van der Waals surface area contributed by atoms with E-state index in [-0.39, 0.29) is 42.4 Å². The SMILES string of the molecule is O=C([O-])CCC(C=C(c1ccccc1)c1ccccc1)NC(=O)Nc1ccc(Cl)cc1.[Na+]. The van der Waals surface area contributed by atoms with Gasteiger partial charge in [-0.15, -0.1) is 0 Å². The Hall–Kier alpha value is -2.57. The van der Waals surface area contributed by atoms with Crippen LogP contribution in [0.25, 0.3) is 5.57 Å². The molecule has 3 rings (SSSR count). The molecule has 1 unspecified atom stereocenters. The molecule has 0 fully saturated rings. The molecule has 5 nitrogen and oxygen atoms in total. The van der Waals surface area contributed by atoms with Gasteiger partial charge in [0, 0.05) is 16.7 Å². The number of rotatable bonds is 8. The molecule has 0 spiro atoms. The number of aliphatic carboxylic acids is 1. The summed E-state index contributed by atoms with van der Waals surface area (Å²) in [6.45, 7) is 0. The molecule has 7 heteroatoms. The van der Waals surface area contributed by atoms with Gasteiger partial charge in [-0.1, -0.05) is 78.3 Å². The van der Waals surface area contributed by atoms with Gasteiger partial charge in [0.2, 0.25) is 0 Å². The van der Waals surface area contributed by atoms with Gasteiger partial charge >= 0.3 is 35.6 Å². The minimum Gasteiger partial charge on any atom is -0.550 e. The summed E-state index contributed by atoms with van der Waals surface area (Å²) in [6.07, 6.45) is 1.90. The number of carbonyl (C=O) groups is 2. The number of amides is 2. The molecule has 0 saturated carbocycles. The summed E-state index contributed by atoms with van der Waals surface area (Å²) in [4.78, 5) is 23.6. The molecule has 0 heterocycles. The third kappa shape index (κ3) is 8.17. The summed E-state index contributed by atoms with van der Waals surface area (Å²) < 4.78 is 0. The number of hydrogen-bond donors (Lipinski definition) is 2. The molecule has 0 aliphatic heterocycles. The maximum atomic E-state index is 12.6. The van der Waals surface area contributed by atoms with Crippen LogP contribution < -0.4 is 45.3 Å². The molecule has 0 radical (unpaired) electrons. The van der Waals surface area contributed by atoms with E-state index >= 15 is 0 Å². The van der Waals surface area contributed by atoms with Crippen molar-refractivity contribution in [2.45, 2.75) is 18.9 Å². The molecule has 0 aliphatic rings. The molecule has 3 aromatic rings. The number of halogens is 1. The molecule has 2 amide bonds. The molecule has 3 aromatic carbocycles. The fourth-order valence-electron chi connectivity index (χ4n) is 3.14. The summed E-state index contributed by atoms with van der Waals surface area (Å²) in [5.74, 6) is -1.17. The second-order valence-electron chi connectivity index (χ2n) is 6.93. The summed E-state index contributed by atoms with van der Waals surface area (Å²) >= 11 is 5.88. The van der Waals surface area contributed by atoms with Crippen LogP contribution in [0.1, 0.15) is 24.0 Å². The Bertz CT molecular complexity index is 1000. The van der Waals surface area contributed by atoms with Crippen LogP contribution in [0.15, 0.2) is 91.0 Å². The summed E-state index contributed by atoms with van der Waals surface area (Å²) in [6, 6.07) is 25.2. The Kier molecular flexibility index (Phi) is 10.5. The monoisotopic (exact) mass is 456 g/mol. The van der Waals surface area contributed by atoms with Crippen LogP contribution in [0.5, 0.6) is 0 Å². The Morgan fingerprint density at radius 1 is 0.875 bits per heavy atom. The van der Waals surface area contributed by atoms with Crippen molar-refractivity contribution < 1.29 is 44.3 Å². The average Bonchev–Trinajstić information content (AvgIpc) is 2.78. The van der Waals surface area contributed by atoms with Gasteiger partial charge in [-0.2, -0.15) is 0 Å². The molecule has 32 heavy (non-hydrogen) atoms. The van der Waals surface area contributed by atoms with Crippen molar-refractivity contribution in [1.29, 1.82) is 0 Å². The first-order valence-corrected chi connectivity index (χ1v) is 10.2. The Balaban J connectivity index is 0.00000363. The van der Waals surface area contributed by atoms with Crippen molar-refractivity contribution in [3.8, 4) is 0 Å². The van der Waals surface area contributed by atoms with Gasteiger partial charge in [0.1, 0.15) is 0 Å². The zero-order chi connectivity index (χ0) is 22.1. The number of urea groups is 1. The zero-order valence-corrected chi connectivity index (χ0v) is 20.5. The quantitative estimate of drug-likeness (QED) is 0.504. The van der Waals surface area contributed by atoms with E-state index in [1.54, 1.807) is 24.3 Å². The standard InChI is InChI=1S/C25H23ClN2O3.Na/c26-20-11-13-21(14-12-20)27-25(31)28-22(15-16-24(29)30)17-23(18-7-3-1-4-8-18)19-9-5-2-6-10-19;/h1-14,17,22H,15-16H2,(H,29,30)(H2,27,28,31);/q;+1/p-1. The number of carbonyl (C=O) groups excluding carboxylic acids is 2. The van der Waals surface area contributed by atoms with Crippen LogP contribution >= 0.6 is 11.6 Å². The van der Waals surface area contributed by atoms with E-state index in [1.807, 2.05) is 66.7 Å². The molecule has 158 valence electrons. The Morgan fingerprint density at radius 2 is 1.41 bits per heavy atom. The Labute approximate surface area is 214 Å². The van der Waals surface area contributed by atoms with E-state index in [9.17, 15) is 14.7 Å². The van der Waals surface area contributed by atoms with Gasteiger partial charge in [0.25, 0.3) is 0 Å². The van der Waals surface area contributed by atoms with Crippen molar-refractivity contribution in [1.82, 2.24) is 5.32 Å². The number of benzene rings is 3. The molecule has 2 N–H and O–H groups in total. The predicted molar refractivity (Wildman–Crippen MR) is 122 cm³/mol. The number of anilines is 1. The molecule has 0 aromatic heterocycles. The van der Waals surface area contributed by atoms with Crippen molar-refractivity contribution >= 4 is 34.9 Å². The fourth-order valence-corrected chi connectivity index (χ4v) is 3.26. The summed E-state index contributed by atoms with van der Waals surface area (Å²) in [7, 11) is 0. The van der Waals surface area contributed by atoms with Crippen molar-refractivity contribution in [2.75, 3.05) is 5.32 Å². The number of carboxylic acids is 1. The largest absolute Gasteiger partial charge is 1.00 e. The van der Waals surface area contributed by atoms with Crippen molar-refractivity contribution in [3.63, 3.8) is 0 Å². The molecule has 1 atom stereocenters. The third-order valence-electron chi connectivity index (χ3n) is 4.62. The zero-order valence-electron chi connectivity index (χ0n) is 17.8. The number of hydrogen-bond acceptors (Lipinski definition) is 3. The summed E-state index contributed by atoms with van der Waals surface area (Å²) in [5, 5.41) is 17.2. The molecular weight excluding hydrogens is 435 g/mol. The van der Waals surface area contributed by atoms with E-state index in [2.05, 4.69) is 10.6 Å². The maximum Gasteiger partial charge on any atom is 1.00 e. The van der Waals surface area contributed by atoms with Crippen LogP contribution in [-0.4, -0.2) is 18.0 Å². The molecule has 0 saturated heterocycles. The first kappa shape index (κ1) is 25.7.